The Morgan fingerprint density at radius 3 is 2.94 bits per heavy atom. The maximum Gasteiger partial charge on any atom is 0.123 e. The zero-order valence-electron chi connectivity index (χ0n) is 8.64. The van der Waals surface area contributed by atoms with Crippen molar-refractivity contribution >= 4 is 11.3 Å². The summed E-state index contributed by atoms with van der Waals surface area (Å²) in [6.45, 7) is 0. The van der Waals surface area contributed by atoms with Crippen molar-refractivity contribution in [2.24, 2.45) is 0 Å². The van der Waals surface area contributed by atoms with E-state index in [-0.39, 0.29) is 5.82 Å². The molecule has 1 aromatic heterocycles. The molecule has 0 aliphatic rings. The van der Waals surface area contributed by atoms with Crippen molar-refractivity contribution in [2.45, 2.75) is 18.9 Å². The third-order valence-electron chi connectivity index (χ3n) is 2.25. The van der Waals surface area contributed by atoms with Crippen LogP contribution >= 0.6 is 11.3 Å². The van der Waals surface area contributed by atoms with Gasteiger partial charge in [-0.05, 0) is 24.1 Å². The Morgan fingerprint density at radius 1 is 1.38 bits per heavy atom. The molecule has 4 heteroatoms. The van der Waals surface area contributed by atoms with Gasteiger partial charge in [0.15, 0.2) is 0 Å². The highest BCUT2D eigenvalue weighted by atomic mass is 32.1. The van der Waals surface area contributed by atoms with Crippen molar-refractivity contribution < 1.29 is 9.50 Å². The van der Waals surface area contributed by atoms with Crippen molar-refractivity contribution in [2.75, 3.05) is 0 Å². The van der Waals surface area contributed by atoms with Crippen molar-refractivity contribution in [1.82, 2.24) is 4.98 Å². The lowest BCUT2D eigenvalue weighted by molar-refractivity contribution is 0.175. The lowest BCUT2D eigenvalue weighted by Crippen LogP contribution is -2.13. The summed E-state index contributed by atoms with van der Waals surface area (Å²) < 4.78 is 12.9. The smallest absolute Gasteiger partial charge is 0.123 e. The number of aliphatic hydroxyl groups is 1. The third-order valence-corrected chi connectivity index (χ3v) is 3.06. The fourth-order valence-electron chi connectivity index (χ4n) is 1.56. The summed E-state index contributed by atoms with van der Waals surface area (Å²) >= 11 is 1.52. The van der Waals surface area contributed by atoms with E-state index in [1.165, 1.54) is 23.5 Å². The van der Waals surface area contributed by atoms with Gasteiger partial charge in [-0.2, -0.15) is 0 Å². The van der Waals surface area contributed by atoms with Gasteiger partial charge in [0, 0.05) is 18.0 Å². The molecule has 0 amide bonds. The van der Waals surface area contributed by atoms with Gasteiger partial charge in [0.25, 0.3) is 0 Å². The van der Waals surface area contributed by atoms with E-state index in [1.54, 1.807) is 12.3 Å². The number of aliphatic hydroxyl groups excluding tert-OH is 1. The second-order valence-electron chi connectivity index (χ2n) is 3.62. The van der Waals surface area contributed by atoms with E-state index in [0.29, 0.717) is 12.8 Å². The zero-order chi connectivity index (χ0) is 11.4. The quantitative estimate of drug-likeness (QED) is 0.886. The van der Waals surface area contributed by atoms with E-state index in [0.717, 1.165) is 10.6 Å². The van der Waals surface area contributed by atoms with Gasteiger partial charge in [-0.3, -0.25) is 0 Å². The summed E-state index contributed by atoms with van der Waals surface area (Å²) in [4.78, 5) is 4.10. The van der Waals surface area contributed by atoms with E-state index in [9.17, 15) is 9.50 Å². The van der Waals surface area contributed by atoms with E-state index < -0.39 is 6.10 Å². The molecule has 1 unspecified atom stereocenters. The molecule has 0 fully saturated rings. The molecule has 0 spiro atoms. The van der Waals surface area contributed by atoms with Gasteiger partial charge in [-0.1, -0.05) is 12.1 Å². The Kier molecular flexibility index (Phi) is 3.64. The molecule has 1 aromatic carbocycles. The predicted molar refractivity (Wildman–Crippen MR) is 61.9 cm³/mol. The zero-order valence-corrected chi connectivity index (χ0v) is 9.45. The largest absolute Gasteiger partial charge is 0.392 e. The van der Waals surface area contributed by atoms with Crippen LogP contribution in [0.4, 0.5) is 4.39 Å². The third kappa shape index (κ3) is 3.12. The predicted octanol–water partition coefficient (Wildman–Crippen LogP) is 2.43. The highest BCUT2D eigenvalue weighted by Crippen LogP contribution is 2.12. The number of thiazole rings is 1. The van der Waals surface area contributed by atoms with Crippen molar-refractivity contribution in [3.63, 3.8) is 0 Å². The monoisotopic (exact) mass is 237 g/mol. The number of nitrogens with zero attached hydrogens (tertiary/aromatic N) is 1. The van der Waals surface area contributed by atoms with Crippen LogP contribution in [0.25, 0.3) is 0 Å². The molecule has 84 valence electrons. The van der Waals surface area contributed by atoms with Crippen LogP contribution in [-0.4, -0.2) is 16.2 Å². The Bertz CT molecular complexity index is 444. The average Bonchev–Trinajstić information content (AvgIpc) is 2.70. The first kappa shape index (κ1) is 11.2. The van der Waals surface area contributed by atoms with Gasteiger partial charge in [-0.25, -0.2) is 9.37 Å². The van der Waals surface area contributed by atoms with Crippen molar-refractivity contribution in [1.29, 1.82) is 0 Å². The molecule has 0 aliphatic carbocycles. The Balaban J connectivity index is 1.94. The number of hydrogen-bond donors (Lipinski definition) is 1. The van der Waals surface area contributed by atoms with E-state index in [4.69, 9.17) is 0 Å². The van der Waals surface area contributed by atoms with Gasteiger partial charge < -0.3 is 5.11 Å². The van der Waals surface area contributed by atoms with Crippen molar-refractivity contribution in [3.05, 3.63) is 52.2 Å². The molecule has 0 saturated heterocycles. The molecular weight excluding hydrogens is 225 g/mol. The van der Waals surface area contributed by atoms with E-state index >= 15 is 0 Å². The minimum Gasteiger partial charge on any atom is -0.392 e. The number of hydrogen-bond acceptors (Lipinski definition) is 3. The highest BCUT2D eigenvalue weighted by molar-refractivity contribution is 7.09. The first-order valence-electron chi connectivity index (χ1n) is 5.05. The molecule has 1 heterocycles. The lowest BCUT2D eigenvalue weighted by atomic mass is 10.1. The molecule has 2 aromatic rings. The normalized spacial score (nSPS) is 12.6. The number of halogens is 1. The van der Waals surface area contributed by atoms with Crippen LogP contribution in [0.15, 0.2) is 35.8 Å². The van der Waals surface area contributed by atoms with Crippen molar-refractivity contribution in [3.8, 4) is 0 Å². The summed E-state index contributed by atoms with van der Waals surface area (Å²) in [6, 6.07) is 6.32. The lowest BCUT2D eigenvalue weighted by Gasteiger charge is -2.08. The van der Waals surface area contributed by atoms with Gasteiger partial charge in [0.05, 0.1) is 11.1 Å². The summed E-state index contributed by atoms with van der Waals surface area (Å²) in [7, 11) is 0. The number of rotatable bonds is 4. The minimum atomic E-state index is -0.507. The summed E-state index contributed by atoms with van der Waals surface area (Å²) in [5, 5.41) is 12.6. The van der Waals surface area contributed by atoms with Crippen LogP contribution in [0.5, 0.6) is 0 Å². The van der Waals surface area contributed by atoms with Crippen LogP contribution < -0.4 is 0 Å². The Labute approximate surface area is 97.4 Å². The Hall–Kier alpha value is -1.26. The molecule has 2 nitrogen and oxygen atoms in total. The molecule has 1 atom stereocenters. The summed E-state index contributed by atoms with van der Waals surface area (Å²) in [6.07, 6.45) is 2.19. The Morgan fingerprint density at radius 2 is 2.25 bits per heavy atom. The second-order valence-corrected chi connectivity index (χ2v) is 4.60. The summed E-state index contributed by atoms with van der Waals surface area (Å²) in [5.41, 5.74) is 0.809. The molecule has 16 heavy (non-hydrogen) atoms. The fraction of sp³-hybridized carbons (Fsp3) is 0.250. The van der Waals surface area contributed by atoms with Gasteiger partial charge in [-0.15, -0.1) is 11.3 Å². The molecule has 0 aliphatic heterocycles. The molecule has 0 bridgehead atoms. The van der Waals surface area contributed by atoms with Crippen LogP contribution in [0.2, 0.25) is 0 Å². The minimum absolute atomic E-state index is 0.265. The number of benzene rings is 1. The average molecular weight is 237 g/mol. The molecule has 2 rings (SSSR count). The second kappa shape index (κ2) is 5.18. The SMILES string of the molecule is OC(Cc1cccc(F)c1)Cc1nccs1. The van der Waals surface area contributed by atoms with Gasteiger partial charge in [0.2, 0.25) is 0 Å². The molecule has 0 saturated carbocycles. The molecule has 0 radical (unpaired) electrons. The highest BCUT2D eigenvalue weighted by Gasteiger charge is 2.08. The maximum absolute atomic E-state index is 12.9. The van der Waals surface area contributed by atoms with Crippen LogP contribution in [0.3, 0.4) is 0 Å². The van der Waals surface area contributed by atoms with E-state index in [2.05, 4.69) is 4.98 Å². The van der Waals surface area contributed by atoms with E-state index in [1.807, 2.05) is 11.4 Å². The van der Waals surface area contributed by atoms with Crippen LogP contribution in [0.1, 0.15) is 10.6 Å². The van der Waals surface area contributed by atoms with Gasteiger partial charge in [0.1, 0.15) is 5.82 Å². The summed E-state index contributed by atoms with van der Waals surface area (Å²) in [5.74, 6) is -0.265. The maximum atomic E-state index is 12.9. The first-order chi connectivity index (χ1) is 7.74. The van der Waals surface area contributed by atoms with Crippen LogP contribution in [0, 0.1) is 5.82 Å². The fourth-order valence-corrected chi connectivity index (χ4v) is 2.25. The molecule has 1 N–H and O–H groups in total. The molecular formula is C12H12FNOS. The topological polar surface area (TPSA) is 33.1 Å². The first-order valence-corrected chi connectivity index (χ1v) is 5.93. The number of aromatic nitrogens is 1. The van der Waals surface area contributed by atoms with Crippen LogP contribution in [-0.2, 0) is 12.8 Å². The standard InChI is InChI=1S/C12H12FNOS/c13-10-3-1-2-9(6-10)7-11(15)8-12-14-4-5-16-12/h1-6,11,15H,7-8H2. The van der Waals surface area contributed by atoms with Gasteiger partial charge >= 0.3 is 0 Å².